The molecule has 6 heteroatoms. The average molecular weight is 308 g/mol. The van der Waals surface area contributed by atoms with Crippen LogP contribution in [0.5, 0.6) is 0 Å². The maximum absolute atomic E-state index is 12.1. The minimum atomic E-state index is -0.210. The van der Waals surface area contributed by atoms with Gasteiger partial charge in [-0.1, -0.05) is 0 Å². The van der Waals surface area contributed by atoms with Gasteiger partial charge >= 0.3 is 0 Å². The van der Waals surface area contributed by atoms with Crippen LogP contribution in [-0.4, -0.2) is 29.6 Å². The summed E-state index contributed by atoms with van der Waals surface area (Å²) in [5.74, 6) is 0.494. The van der Waals surface area contributed by atoms with Crippen LogP contribution < -0.4 is 10.6 Å². The summed E-state index contributed by atoms with van der Waals surface area (Å²) in [5.41, 5.74) is 0. The standard InChI is InChI=1S/C15H20N2O3S/c18-11-4-1-9(7-11)8-16-15(20)12-5-6-13(21-12)17-14(19)10-2-3-10/h5-6,9-11,18H,1-4,7-8H2,(H,16,20)(H,17,19). The Morgan fingerprint density at radius 3 is 2.71 bits per heavy atom. The second kappa shape index (κ2) is 6.15. The lowest BCUT2D eigenvalue weighted by Gasteiger charge is -2.09. The van der Waals surface area contributed by atoms with Crippen LogP contribution in [0.15, 0.2) is 12.1 Å². The molecule has 0 spiro atoms. The summed E-state index contributed by atoms with van der Waals surface area (Å²) in [4.78, 5) is 24.3. The third kappa shape index (κ3) is 3.83. The Bertz CT molecular complexity index is 539. The number of hydrogen-bond donors (Lipinski definition) is 3. The van der Waals surface area contributed by atoms with E-state index in [0.29, 0.717) is 17.3 Å². The fourth-order valence-corrected chi connectivity index (χ4v) is 3.48. The van der Waals surface area contributed by atoms with Gasteiger partial charge in [0.2, 0.25) is 5.91 Å². The molecule has 0 aromatic carbocycles. The summed E-state index contributed by atoms with van der Waals surface area (Å²) < 4.78 is 0. The van der Waals surface area contributed by atoms with Gasteiger partial charge in [0.05, 0.1) is 16.0 Å². The predicted octanol–water partition coefficient (Wildman–Crippen LogP) is 1.99. The molecule has 2 atom stereocenters. The first kappa shape index (κ1) is 14.5. The van der Waals surface area contributed by atoms with E-state index in [1.807, 2.05) is 0 Å². The molecule has 2 saturated carbocycles. The largest absolute Gasteiger partial charge is 0.393 e. The summed E-state index contributed by atoms with van der Waals surface area (Å²) in [5, 5.41) is 16.0. The van der Waals surface area contributed by atoms with Crippen molar-refractivity contribution in [2.75, 3.05) is 11.9 Å². The minimum Gasteiger partial charge on any atom is -0.393 e. The van der Waals surface area contributed by atoms with Crippen LogP contribution in [0.1, 0.15) is 41.8 Å². The molecular weight excluding hydrogens is 288 g/mol. The smallest absolute Gasteiger partial charge is 0.261 e. The number of carbonyl (C=O) groups is 2. The average Bonchev–Trinajstić information content (AvgIpc) is 3.08. The fourth-order valence-electron chi connectivity index (χ4n) is 2.65. The second-order valence-electron chi connectivity index (χ2n) is 5.97. The molecule has 114 valence electrons. The maximum atomic E-state index is 12.1. The van der Waals surface area contributed by atoms with Crippen LogP contribution in [0.3, 0.4) is 0 Å². The number of carbonyl (C=O) groups excluding carboxylic acids is 2. The second-order valence-corrected chi connectivity index (χ2v) is 7.05. The number of hydrogen-bond acceptors (Lipinski definition) is 4. The van der Waals surface area contributed by atoms with E-state index in [-0.39, 0.29) is 23.8 Å². The van der Waals surface area contributed by atoms with Gasteiger partial charge in [-0.05, 0) is 50.2 Å². The Morgan fingerprint density at radius 2 is 2.05 bits per heavy atom. The molecule has 2 aliphatic rings. The van der Waals surface area contributed by atoms with E-state index in [1.54, 1.807) is 12.1 Å². The first-order valence-electron chi connectivity index (χ1n) is 7.49. The van der Waals surface area contributed by atoms with Crippen molar-refractivity contribution in [3.63, 3.8) is 0 Å². The van der Waals surface area contributed by atoms with Crippen LogP contribution >= 0.6 is 11.3 Å². The van der Waals surface area contributed by atoms with Gasteiger partial charge < -0.3 is 15.7 Å². The highest BCUT2D eigenvalue weighted by Crippen LogP contribution is 2.31. The van der Waals surface area contributed by atoms with E-state index in [2.05, 4.69) is 10.6 Å². The number of aliphatic hydroxyl groups excluding tert-OH is 1. The molecule has 0 radical (unpaired) electrons. The van der Waals surface area contributed by atoms with Crippen molar-refractivity contribution in [1.82, 2.24) is 5.32 Å². The summed E-state index contributed by atoms with van der Waals surface area (Å²) >= 11 is 1.30. The highest BCUT2D eigenvalue weighted by molar-refractivity contribution is 7.18. The third-order valence-electron chi connectivity index (χ3n) is 4.09. The quantitative estimate of drug-likeness (QED) is 0.778. The van der Waals surface area contributed by atoms with Crippen LogP contribution in [0.4, 0.5) is 5.00 Å². The fraction of sp³-hybridized carbons (Fsp3) is 0.600. The first-order valence-corrected chi connectivity index (χ1v) is 8.30. The van der Waals surface area contributed by atoms with Gasteiger partial charge in [-0.3, -0.25) is 9.59 Å². The molecule has 0 aliphatic heterocycles. The van der Waals surface area contributed by atoms with Crippen LogP contribution in [0.25, 0.3) is 0 Å². The summed E-state index contributed by atoms with van der Waals surface area (Å²) in [6.45, 7) is 0.609. The molecule has 2 fully saturated rings. The lowest BCUT2D eigenvalue weighted by Crippen LogP contribution is -2.28. The van der Waals surface area contributed by atoms with Gasteiger partial charge in [0.15, 0.2) is 0 Å². The van der Waals surface area contributed by atoms with Crippen molar-refractivity contribution in [1.29, 1.82) is 0 Å². The van der Waals surface area contributed by atoms with Crippen molar-refractivity contribution in [2.45, 2.75) is 38.2 Å². The molecule has 3 N–H and O–H groups in total. The number of rotatable bonds is 5. The summed E-state index contributed by atoms with van der Waals surface area (Å²) in [7, 11) is 0. The van der Waals surface area contributed by atoms with Crippen LogP contribution in [-0.2, 0) is 4.79 Å². The van der Waals surface area contributed by atoms with Crippen molar-refractivity contribution in [2.24, 2.45) is 11.8 Å². The monoisotopic (exact) mass is 308 g/mol. The van der Waals surface area contributed by atoms with E-state index in [4.69, 9.17) is 0 Å². The maximum Gasteiger partial charge on any atom is 0.261 e. The summed E-state index contributed by atoms with van der Waals surface area (Å²) in [6, 6.07) is 3.52. The molecule has 21 heavy (non-hydrogen) atoms. The first-order chi connectivity index (χ1) is 10.1. The van der Waals surface area contributed by atoms with Crippen molar-refractivity contribution < 1.29 is 14.7 Å². The van der Waals surface area contributed by atoms with Gasteiger partial charge in [-0.2, -0.15) is 0 Å². The van der Waals surface area contributed by atoms with Gasteiger partial charge in [-0.15, -0.1) is 11.3 Å². The molecule has 2 aliphatic carbocycles. The van der Waals surface area contributed by atoms with E-state index in [9.17, 15) is 14.7 Å². The number of aliphatic hydroxyl groups is 1. The number of nitrogens with one attached hydrogen (secondary N) is 2. The molecule has 5 nitrogen and oxygen atoms in total. The highest BCUT2D eigenvalue weighted by Gasteiger charge is 2.30. The lowest BCUT2D eigenvalue weighted by molar-refractivity contribution is -0.117. The van der Waals surface area contributed by atoms with Crippen LogP contribution in [0, 0.1) is 11.8 Å². The van der Waals surface area contributed by atoms with Gasteiger partial charge in [-0.25, -0.2) is 0 Å². The molecule has 1 aromatic rings. The Hall–Kier alpha value is -1.40. The van der Waals surface area contributed by atoms with Crippen molar-refractivity contribution in [3.8, 4) is 0 Å². The van der Waals surface area contributed by atoms with E-state index < -0.39 is 0 Å². The Morgan fingerprint density at radius 1 is 1.24 bits per heavy atom. The predicted molar refractivity (Wildman–Crippen MR) is 81.4 cm³/mol. The topological polar surface area (TPSA) is 78.4 Å². The van der Waals surface area contributed by atoms with E-state index >= 15 is 0 Å². The minimum absolute atomic E-state index is 0.0590. The molecule has 2 amide bonds. The van der Waals surface area contributed by atoms with Crippen molar-refractivity contribution >= 4 is 28.2 Å². The molecular formula is C15H20N2O3S. The zero-order valence-electron chi connectivity index (χ0n) is 11.8. The summed E-state index contributed by atoms with van der Waals surface area (Å²) in [6.07, 6.45) is 4.30. The molecule has 0 saturated heterocycles. The number of thiophene rings is 1. The zero-order valence-corrected chi connectivity index (χ0v) is 12.6. The SMILES string of the molecule is O=C(NCC1CCC(O)C1)c1ccc(NC(=O)C2CC2)s1. The Labute approximate surface area is 127 Å². The van der Waals surface area contributed by atoms with Gasteiger partial charge in [0.25, 0.3) is 5.91 Å². The number of anilines is 1. The normalized spacial score (nSPS) is 24.8. The molecule has 3 rings (SSSR count). The van der Waals surface area contributed by atoms with Crippen molar-refractivity contribution in [3.05, 3.63) is 17.0 Å². The third-order valence-corrected chi connectivity index (χ3v) is 5.09. The lowest BCUT2D eigenvalue weighted by atomic mass is 10.1. The molecule has 0 bridgehead atoms. The zero-order chi connectivity index (χ0) is 14.8. The Kier molecular flexibility index (Phi) is 4.26. The van der Waals surface area contributed by atoms with E-state index in [0.717, 1.165) is 37.1 Å². The number of amides is 2. The molecule has 1 heterocycles. The van der Waals surface area contributed by atoms with Crippen LogP contribution in [0.2, 0.25) is 0 Å². The molecule has 1 aromatic heterocycles. The van der Waals surface area contributed by atoms with E-state index in [1.165, 1.54) is 11.3 Å². The Balaban J connectivity index is 1.48. The van der Waals surface area contributed by atoms with Gasteiger partial charge in [0.1, 0.15) is 0 Å². The van der Waals surface area contributed by atoms with Gasteiger partial charge in [0, 0.05) is 12.5 Å². The molecule has 2 unspecified atom stereocenters. The highest BCUT2D eigenvalue weighted by atomic mass is 32.1.